The highest BCUT2D eigenvalue weighted by molar-refractivity contribution is 7.90. The van der Waals surface area contributed by atoms with Gasteiger partial charge in [0.25, 0.3) is 0 Å². The van der Waals surface area contributed by atoms with Gasteiger partial charge in [-0.3, -0.25) is 0 Å². The summed E-state index contributed by atoms with van der Waals surface area (Å²) in [6.45, 7) is 6.20. The predicted octanol–water partition coefficient (Wildman–Crippen LogP) is 3.04. The quantitative estimate of drug-likeness (QED) is 0.847. The molecule has 21 heavy (non-hydrogen) atoms. The van der Waals surface area contributed by atoms with Gasteiger partial charge in [-0.1, -0.05) is 26.0 Å². The summed E-state index contributed by atoms with van der Waals surface area (Å²) in [7, 11) is -3.37. The highest BCUT2D eigenvalue weighted by atomic mass is 32.2. The molecule has 5 nitrogen and oxygen atoms in total. The molecule has 0 unspecified atom stereocenters. The molecule has 0 heterocycles. The Bertz CT molecular complexity index is 582. The van der Waals surface area contributed by atoms with Crippen LogP contribution in [0.25, 0.3) is 0 Å². The van der Waals surface area contributed by atoms with Gasteiger partial charge in [-0.25, -0.2) is 13.2 Å². The molecule has 0 aliphatic carbocycles. The van der Waals surface area contributed by atoms with Gasteiger partial charge in [-0.2, -0.15) is 0 Å². The lowest BCUT2D eigenvalue weighted by molar-refractivity contribution is 0.248. The van der Waals surface area contributed by atoms with Crippen molar-refractivity contribution in [3.05, 3.63) is 24.3 Å². The van der Waals surface area contributed by atoms with E-state index in [0.717, 1.165) is 19.1 Å². The van der Waals surface area contributed by atoms with Crippen molar-refractivity contribution < 1.29 is 13.2 Å². The second kappa shape index (κ2) is 7.45. The highest BCUT2D eigenvalue weighted by Crippen LogP contribution is 2.20. The van der Waals surface area contributed by atoms with Gasteiger partial charge in [-0.15, -0.1) is 0 Å². The molecular formula is C15H24N2O3S. The number of nitrogens with one attached hydrogen (secondary N) is 2. The lowest BCUT2D eigenvalue weighted by atomic mass is 10.0. The van der Waals surface area contributed by atoms with Crippen molar-refractivity contribution in [2.75, 3.05) is 11.6 Å². The molecule has 1 atom stereocenters. The lowest BCUT2D eigenvalue weighted by Gasteiger charge is -2.16. The molecule has 2 amide bonds. The Morgan fingerprint density at radius 2 is 1.76 bits per heavy atom. The molecule has 0 spiro atoms. The largest absolute Gasteiger partial charge is 0.335 e. The van der Waals surface area contributed by atoms with Crippen LogP contribution in [0.3, 0.4) is 0 Å². The Balaban J connectivity index is 2.68. The summed E-state index contributed by atoms with van der Waals surface area (Å²) in [6, 6.07) is 6.03. The minimum absolute atomic E-state index is 0.0396. The molecule has 0 aromatic heterocycles. The third kappa shape index (κ3) is 6.16. The predicted molar refractivity (Wildman–Crippen MR) is 85.2 cm³/mol. The van der Waals surface area contributed by atoms with Crippen LogP contribution in [0.2, 0.25) is 0 Å². The highest BCUT2D eigenvalue weighted by Gasteiger charge is 2.15. The van der Waals surface area contributed by atoms with Gasteiger partial charge < -0.3 is 10.6 Å². The molecule has 0 aliphatic rings. The number of benzene rings is 1. The Morgan fingerprint density at radius 3 is 2.33 bits per heavy atom. The molecule has 0 fully saturated rings. The molecule has 0 aliphatic heterocycles. The Morgan fingerprint density at radius 1 is 1.14 bits per heavy atom. The van der Waals surface area contributed by atoms with Gasteiger partial charge in [0.2, 0.25) is 0 Å². The minimum atomic E-state index is -3.37. The first-order valence-electron chi connectivity index (χ1n) is 7.06. The van der Waals surface area contributed by atoms with E-state index in [9.17, 15) is 13.2 Å². The van der Waals surface area contributed by atoms with Crippen LogP contribution >= 0.6 is 0 Å². The molecule has 118 valence electrons. The van der Waals surface area contributed by atoms with E-state index in [2.05, 4.69) is 24.5 Å². The maximum absolute atomic E-state index is 11.9. The number of hydrogen-bond donors (Lipinski definition) is 2. The standard InChI is InChI=1S/C15H24N2O3S/c1-11(2)9-10-12(3)16-15(18)17-13-7-5-6-8-14(13)21(4,19)20/h5-8,11-12H,9-10H2,1-4H3,(H2,16,17,18)/t12-/m1/s1. The van der Waals surface area contributed by atoms with E-state index < -0.39 is 9.84 Å². The summed E-state index contributed by atoms with van der Waals surface area (Å²) in [4.78, 5) is 12.1. The van der Waals surface area contributed by atoms with Crippen LogP contribution in [0.15, 0.2) is 29.2 Å². The van der Waals surface area contributed by atoms with Gasteiger partial charge in [0.05, 0.1) is 10.6 Å². The van der Waals surface area contributed by atoms with Gasteiger partial charge in [-0.05, 0) is 37.8 Å². The van der Waals surface area contributed by atoms with Crippen LogP contribution in [0.5, 0.6) is 0 Å². The first-order valence-corrected chi connectivity index (χ1v) is 8.96. The van der Waals surface area contributed by atoms with E-state index in [-0.39, 0.29) is 17.0 Å². The number of urea groups is 1. The molecule has 0 bridgehead atoms. The molecule has 1 aromatic carbocycles. The maximum atomic E-state index is 11.9. The van der Waals surface area contributed by atoms with Crippen LogP contribution in [-0.4, -0.2) is 26.7 Å². The van der Waals surface area contributed by atoms with Gasteiger partial charge in [0, 0.05) is 12.3 Å². The van der Waals surface area contributed by atoms with E-state index in [1.54, 1.807) is 18.2 Å². The molecule has 0 saturated carbocycles. The summed E-state index contributed by atoms with van der Waals surface area (Å²) in [5.74, 6) is 0.586. The number of rotatable bonds is 6. The topological polar surface area (TPSA) is 75.3 Å². The van der Waals surface area contributed by atoms with Crippen molar-refractivity contribution >= 4 is 21.6 Å². The van der Waals surface area contributed by atoms with Gasteiger partial charge >= 0.3 is 6.03 Å². The summed E-state index contributed by atoms with van der Waals surface area (Å²) in [6.07, 6.45) is 3.04. The zero-order valence-electron chi connectivity index (χ0n) is 13.0. The van der Waals surface area contributed by atoms with E-state index in [1.165, 1.54) is 6.07 Å². The van der Waals surface area contributed by atoms with Crippen molar-refractivity contribution in [3.63, 3.8) is 0 Å². The monoisotopic (exact) mass is 312 g/mol. The van der Waals surface area contributed by atoms with Crippen molar-refractivity contribution in [3.8, 4) is 0 Å². The number of anilines is 1. The van der Waals surface area contributed by atoms with Crippen molar-refractivity contribution in [2.45, 2.75) is 44.6 Å². The molecule has 0 saturated heterocycles. The summed E-state index contributed by atoms with van der Waals surface area (Å²) < 4.78 is 23.3. The average molecular weight is 312 g/mol. The van der Waals surface area contributed by atoms with Crippen LogP contribution < -0.4 is 10.6 Å². The smallest absolute Gasteiger partial charge is 0.319 e. The van der Waals surface area contributed by atoms with Crippen molar-refractivity contribution in [1.82, 2.24) is 5.32 Å². The number of hydrogen-bond acceptors (Lipinski definition) is 3. The SMILES string of the molecule is CC(C)CC[C@@H](C)NC(=O)Nc1ccccc1S(C)(=O)=O. The maximum Gasteiger partial charge on any atom is 0.319 e. The van der Waals surface area contributed by atoms with E-state index in [0.29, 0.717) is 11.6 Å². The van der Waals surface area contributed by atoms with Crippen LogP contribution in [0.4, 0.5) is 10.5 Å². The lowest BCUT2D eigenvalue weighted by Crippen LogP contribution is -2.36. The molecule has 6 heteroatoms. The van der Waals surface area contributed by atoms with Crippen molar-refractivity contribution in [1.29, 1.82) is 0 Å². The molecule has 1 aromatic rings. The fraction of sp³-hybridized carbons (Fsp3) is 0.533. The molecule has 2 N–H and O–H groups in total. The zero-order valence-corrected chi connectivity index (χ0v) is 13.8. The van der Waals surface area contributed by atoms with E-state index >= 15 is 0 Å². The summed E-state index contributed by atoms with van der Waals surface area (Å²) >= 11 is 0. The number of para-hydroxylation sites is 1. The first-order chi connectivity index (χ1) is 9.70. The van der Waals surface area contributed by atoms with Crippen LogP contribution in [0, 0.1) is 5.92 Å². The van der Waals surface area contributed by atoms with Crippen LogP contribution in [-0.2, 0) is 9.84 Å². The number of sulfone groups is 1. The average Bonchev–Trinajstić information content (AvgIpc) is 2.35. The van der Waals surface area contributed by atoms with E-state index in [1.807, 2.05) is 6.92 Å². The first kappa shape index (κ1) is 17.5. The fourth-order valence-electron chi connectivity index (χ4n) is 1.93. The molecule has 1 rings (SSSR count). The second-order valence-electron chi connectivity index (χ2n) is 5.74. The Hall–Kier alpha value is -1.56. The van der Waals surface area contributed by atoms with Gasteiger partial charge in [0.15, 0.2) is 9.84 Å². The molecule has 0 radical (unpaired) electrons. The summed E-state index contributed by atoms with van der Waals surface area (Å²) in [5.41, 5.74) is 0.300. The Labute approximate surface area is 127 Å². The Kier molecular flexibility index (Phi) is 6.20. The zero-order chi connectivity index (χ0) is 16.0. The fourth-order valence-corrected chi connectivity index (χ4v) is 2.78. The van der Waals surface area contributed by atoms with Crippen molar-refractivity contribution in [2.24, 2.45) is 5.92 Å². The second-order valence-corrected chi connectivity index (χ2v) is 7.72. The third-order valence-corrected chi connectivity index (χ3v) is 4.24. The normalized spacial score (nSPS) is 13.0. The summed E-state index contributed by atoms with van der Waals surface area (Å²) in [5, 5.41) is 5.42. The molecular weight excluding hydrogens is 288 g/mol. The minimum Gasteiger partial charge on any atom is -0.335 e. The van der Waals surface area contributed by atoms with Gasteiger partial charge in [0.1, 0.15) is 0 Å². The number of amides is 2. The van der Waals surface area contributed by atoms with E-state index in [4.69, 9.17) is 0 Å². The van der Waals surface area contributed by atoms with Crippen LogP contribution in [0.1, 0.15) is 33.6 Å². The number of carbonyl (C=O) groups is 1. The number of carbonyl (C=O) groups excluding carboxylic acids is 1. The third-order valence-electron chi connectivity index (χ3n) is 3.09.